The molecule has 8 heteroatoms. The number of para-hydroxylation sites is 2. The molecule has 0 unspecified atom stereocenters. The predicted octanol–water partition coefficient (Wildman–Crippen LogP) is 2.34. The van der Waals surface area contributed by atoms with Crippen LogP contribution in [0.4, 0.5) is 5.95 Å². The molecule has 1 aliphatic rings. The number of carboxylic acids is 1. The molecule has 0 bridgehead atoms. The molecule has 26 heavy (non-hydrogen) atoms. The van der Waals surface area contributed by atoms with Crippen molar-refractivity contribution in [2.75, 3.05) is 10.8 Å². The molecule has 3 aromatic rings. The normalized spacial score (nSPS) is 14.2. The van der Waals surface area contributed by atoms with Gasteiger partial charge in [0.2, 0.25) is 5.95 Å². The van der Waals surface area contributed by atoms with Crippen molar-refractivity contribution in [1.82, 2.24) is 9.55 Å². The van der Waals surface area contributed by atoms with Gasteiger partial charge in [0.1, 0.15) is 0 Å². The molecular formula is C18H15N3O4S. The first-order valence-corrected chi connectivity index (χ1v) is 9.40. The highest BCUT2D eigenvalue weighted by Gasteiger charge is 2.33. The molecule has 1 aliphatic heterocycles. The van der Waals surface area contributed by atoms with Gasteiger partial charge in [0, 0.05) is 12.6 Å². The first-order valence-electron chi connectivity index (χ1n) is 7.96. The number of hydrogen-bond acceptors (Lipinski definition) is 4. The van der Waals surface area contributed by atoms with E-state index in [9.17, 15) is 13.2 Å². The van der Waals surface area contributed by atoms with Crippen LogP contribution in [0.5, 0.6) is 0 Å². The van der Waals surface area contributed by atoms with Crippen LogP contribution in [0.25, 0.3) is 17.1 Å². The zero-order valence-electron chi connectivity index (χ0n) is 13.6. The number of sulfonamides is 1. The van der Waals surface area contributed by atoms with Crippen LogP contribution >= 0.6 is 0 Å². The molecule has 4 rings (SSSR count). The molecular weight excluding hydrogens is 354 g/mol. The molecule has 1 N–H and O–H groups in total. The Balaban J connectivity index is 1.69. The second-order valence-corrected chi connectivity index (χ2v) is 7.73. The number of benzene rings is 2. The van der Waals surface area contributed by atoms with Crippen LogP contribution in [-0.2, 0) is 21.4 Å². The number of carboxylic acid groups (broad SMARTS) is 1. The number of aromatic nitrogens is 2. The topological polar surface area (TPSA) is 92.5 Å². The summed E-state index contributed by atoms with van der Waals surface area (Å²) in [6.07, 6.45) is 2.42. The van der Waals surface area contributed by atoms with Crippen molar-refractivity contribution in [3.63, 3.8) is 0 Å². The third-order valence-corrected chi connectivity index (χ3v) is 6.06. The number of carbonyl (C=O) groups is 1. The molecule has 0 radical (unpaired) electrons. The van der Waals surface area contributed by atoms with E-state index < -0.39 is 16.0 Å². The van der Waals surface area contributed by atoms with Crippen LogP contribution in [0, 0.1) is 0 Å². The molecule has 2 heterocycles. The number of imidazole rings is 1. The van der Waals surface area contributed by atoms with E-state index in [-0.39, 0.29) is 4.90 Å². The number of aliphatic carboxylic acids is 1. The average molecular weight is 369 g/mol. The Morgan fingerprint density at radius 2 is 1.81 bits per heavy atom. The number of anilines is 1. The van der Waals surface area contributed by atoms with Crippen molar-refractivity contribution in [3.05, 3.63) is 60.2 Å². The monoisotopic (exact) mass is 369 g/mol. The molecule has 0 saturated carbocycles. The van der Waals surface area contributed by atoms with Crippen molar-refractivity contribution in [1.29, 1.82) is 0 Å². The van der Waals surface area contributed by atoms with Crippen LogP contribution < -0.4 is 4.31 Å². The Morgan fingerprint density at radius 3 is 2.54 bits per heavy atom. The summed E-state index contributed by atoms with van der Waals surface area (Å²) in [5, 5.41) is 8.66. The molecule has 0 fully saturated rings. The summed E-state index contributed by atoms with van der Waals surface area (Å²) in [5.74, 6) is -0.640. The van der Waals surface area contributed by atoms with E-state index in [0.717, 1.165) is 17.1 Å². The highest BCUT2D eigenvalue weighted by atomic mass is 32.2. The van der Waals surface area contributed by atoms with E-state index in [1.165, 1.54) is 22.5 Å². The van der Waals surface area contributed by atoms with Crippen LogP contribution in [0.3, 0.4) is 0 Å². The van der Waals surface area contributed by atoms with Gasteiger partial charge < -0.3 is 9.67 Å². The maximum Gasteiger partial charge on any atom is 0.328 e. The van der Waals surface area contributed by atoms with E-state index in [1.54, 1.807) is 12.1 Å². The minimum Gasteiger partial charge on any atom is -0.478 e. The van der Waals surface area contributed by atoms with Gasteiger partial charge in [-0.05, 0) is 35.9 Å². The molecule has 132 valence electrons. The lowest BCUT2D eigenvalue weighted by Crippen LogP contribution is -2.29. The molecule has 1 aromatic heterocycles. The zero-order chi connectivity index (χ0) is 18.3. The lowest BCUT2D eigenvalue weighted by Gasteiger charge is -2.16. The largest absolute Gasteiger partial charge is 0.478 e. The van der Waals surface area contributed by atoms with Crippen LogP contribution in [0.1, 0.15) is 5.56 Å². The van der Waals surface area contributed by atoms with E-state index in [0.29, 0.717) is 24.6 Å². The Morgan fingerprint density at radius 1 is 1.08 bits per heavy atom. The Kier molecular flexibility index (Phi) is 3.77. The first kappa shape index (κ1) is 16.3. The number of rotatable bonds is 4. The quantitative estimate of drug-likeness (QED) is 0.713. The number of fused-ring (bicyclic) bond motifs is 3. The van der Waals surface area contributed by atoms with Gasteiger partial charge in [-0.25, -0.2) is 22.5 Å². The standard InChI is InChI=1S/C18H15N3O4S/c22-17(23)10-7-13-5-8-14(9-6-13)26(24,25)21-12-11-20-16-4-2-1-3-15(16)19-18(20)21/h1-10H,11-12H2,(H,22,23)/b10-7+. The number of hydrogen-bond donors (Lipinski definition) is 1. The Bertz CT molecular complexity index is 1130. The summed E-state index contributed by atoms with van der Waals surface area (Å²) in [7, 11) is -3.74. The maximum absolute atomic E-state index is 13.0. The lowest BCUT2D eigenvalue weighted by molar-refractivity contribution is -0.131. The summed E-state index contributed by atoms with van der Waals surface area (Å²) < 4.78 is 29.2. The molecule has 0 aliphatic carbocycles. The smallest absolute Gasteiger partial charge is 0.328 e. The Hall–Kier alpha value is -3.13. The predicted molar refractivity (Wildman–Crippen MR) is 97.4 cm³/mol. The van der Waals surface area contributed by atoms with Gasteiger partial charge >= 0.3 is 5.97 Å². The van der Waals surface area contributed by atoms with E-state index in [2.05, 4.69) is 4.98 Å². The first-order chi connectivity index (χ1) is 12.5. The summed E-state index contributed by atoms with van der Waals surface area (Å²) in [6.45, 7) is 0.880. The van der Waals surface area contributed by atoms with Crippen LogP contribution in [-0.4, -0.2) is 35.6 Å². The lowest BCUT2D eigenvalue weighted by atomic mass is 10.2. The van der Waals surface area contributed by atoms with Crippen molar-refractivity contribution in [2.45, 2.75) is 11.4 Å². The van der Waals surface area contributed by atoms with E-state index in [1.807, 2.05) is 28.8 Å². The minimum absolute atomic E-state index is 0.144. The molecule has 2 aromatic carbocycles. The summed E-state index contributed by atoms with van der Waals surface area (Å²) in [5.41, 5.74) is 2.28. The molecule has 0 amide bonds. The second kappa shape index (κ2) is 5.99. The van der Waals surface area contributed by atoms with E-state index in [4.69, 9.17) is 5.11 Å². The Labute approximate surface area is 149 Å². The summed E-state index contributed by atoms with van der Waals surface area (Å²) in [6, 6.07) is 13.6. The third-order valence-electron chi connectivity index (χ3n) is 4.27. The SMILES string of the molecule is O=C(O)/C=C/c1ccc(S(=O)(=O)N2CCn3c2nc2ccccc23)cc1. The maximum atomic E-state index is 13.0. The van der Waals surface area contributed by atoms with Crippen molar-refractivity contribution >= 4 is 39.1 Å². The van der Waals surface area contributed by atoms with Crippen LogP contribution in [0.15, 0.2) is 59.5 Å². The van der Waals surface area contributed by atoms with Gasteiger partial charge in [-0.1, -0.05) is 24.3 Å². The average Bonchev–Trinajstić information content (AvgIpc) is 3.19. The van der Waals surface area contributed by atoms with Crippen molar-refractivity contribution in [2.24, 2.45) is 0 Å². The summed E-state index contributed by atoms with van der Waals surface area (Å²) in [4.78, 5) is 15.2. The number of nitrogens with zero attached hydrogens (tertiary/aromatic N) is 3. The van der Waals surface area contributed by atoms with Crippen LogP contribution in [0.2, 0.25) is 0 Å². The molecule has 0 atom stereocenters. The van der Waals surface area contributed by atoms with Gasteiger partial charge in [0.15, 0.2) is 0 Å². The van der Waals surface area contributed by atoms with Gasteiger partial charge in [-0.2, -0.15) is 0 Å². The summed E-state index contributed by atoms with van der Waals surface area (Å²) >= 11 is 0. The highest BCUT2D eigenvalue weighted by molar-refractivity contribution is 7.92. The fourth-order valence-electron chi connectivity index (χ4n) is 3.04. The third kappa shape index (κ3) is 2.64. The second-order valence-electron chi connectivity index (χ2n) is 5.87. The molecule has 0 spiro atoms. The fraction of sp³-hybridized carbons (Fsp3) is 0.111. The van der Waals surface area contributed by atoms with Crippen molar-refractivity contribution < 1.29 is 18.3 Å². The van der Waals surface area contributed by atoms with Crippen molar-refractivity contribution in [3.8, 4) is 0 Å². The van der Waals surface area contributed by atoms with E-state index >= 15 is 0 Å². The van der Waals surface area contributed by atoms with Gasteiger partial charge in [-0.15, -0.1) is 0 Å². The van der Waals surface area contributed by atoms with Gasteiger partial charge in [0.25, 0.3) is 10.0 Å². The molecule has 7 nitrogen and oxygen atoms in total. The fourth-order valence-corrected chi connectivity index (χ4v) is 4.45. The molecule has 0 saturated heterocycles. The highest BCUT2D eigenvalue weighted by Crippen LogP contribution is 2.31. The minimum atomic E-state index is -3.74. The van der Waals surface area contributed by atoms with Gasteiger partial charge in [0.05, 0.1) is 22.5 Å². The van der Waals surface area contributed by atoms with Gasteiger partial charge in [-0.3, -0.25) is 0 Å². The zero-order valence-corrected chi connectivity index (χ0v) is 14.4.